The zero-order valence-corrected chi connectivity index (χ0v) is 18.1. The zero-order chi connectivity index (χ0) is 23.8. The van der Waals surface area contributed by atoms with Crippen LogP contribution in [0.2, 0.25) is 0 Å². The molecule has 0 spiro atoms. The number of aryl methyl sites for hydroxylation is 2. The van der Waals surface area contributed by atoms with Crippen molar-refractivity contribution in [1.82, 2.24) is 10.3 Å². The molecule has 0 bridgehead atoms. The first-order valence-corrected chi connectivity index (χ1v) is 10.5. The number of benzene rings is 3. The summed E-state index contributed by atoms with van der Waals surface area (Å²) >= 11 is 0. The topological polar surface area (TPSA) is 44.9 Å². The van der Waals surface area contributed by atoms with E-state index in [1.807, 2.05) is 13.8 Å². The average Bonchev–Trinajstić information content (AvgIpc) is 3.13. The molecule has 0 unspecified atom stereocenters. The molecule has 1 heterocycles. The number of nitrogens with one attached hydrogen (secondary N) is 2. The Hall–Kier alpha value is -3.61. The summed E-state index contributed by atoms with van der Waals surface area (Å²) < 4.78 is 52.3. The van der Waals surface area contributed by atoms with Gasteiger partial charge in [0.05, 0.1) is 11.1 Å². The molecular weight excluding hydrogens is 432 g/mol. The molecule has 0 aliphatic rings. The largest absolute Gasteiger partial charge is 0.416 e. The number of aromatic amines is 1. The summed E-state index contributed by atoms with van der Waals surface area (Å²) in [5, 5.41) is 3.72. The van der Waals surface area contributed by atoms with Crippen molar-refractivity contribution >= 4 is 16.8 Å². The van der Waals surface area contributed by atoms with E-state index in [4.69, 9.17) is 0 Å². The van der Waals surface area contributed by atoms with Crippen LogP contribution >= 0.6 is 0 Å². The Bertz CT molecular complexity index is 1300. The summed E-state index contributed by atoms with van der Waals surface area (Å²) in [5.74, 6) is -0.559. The zero-order valence-electron chi connectivity index (χ0n) is 18.1. The van der Waals surface area contributed by atoms with Crippen LogP contribution in [0.25, 0.3) is 22.0 Å². The predicted molar refractivity (Wildman–Crippen MR) is 121 cm³/mol. The molecule has 3 aromatic carbocycles. The second-order valence-corrected chi connectivity index (χ2v) is 8.00. The van der Waals surface area contributed by atoms with Gasteiger partial charge in [-0.15, -0.1) is 0 Å². The molecule has 0 saturated heterocycles. The van der Waals surface area contributed by atoms with Crippen LogP contribution in [0, 0.1) is 19.7 Å². The number of aromatic nitrogens is 1. The number of carbonyl (C=O) groups is 1. The van der Waals surface area contributed by atoms with E-state index >= 15 is 0 Å². The Morgan fingerprint density at radius 3 is 2.12 bits per heavy atom. The van der Waals surface area contributed by atoms with E-state index in [-0.39, 0.29) is 11.7 Å². The van der Waals surface area contributed by atoms with Gasteiger partial charge in [-0.05, 0) is 72.9 Å². The monoisotopic (exact) mass is 454 g/mol. The van der Waals surface area contributed by atoms with Gasteiger partial charge in [-0.25, -0.2) is 4.39 Å². The Kier molecular flexibility index (Phi) is 5.97. The van der Waals surface area contributed by atoms with Crippen LogP contribution in [0.5, 0.6) is 0 Å². The molecule has 0 fully saturated rings. The van der Waals surface area contributed by atoms with E-state index in [2.05, 4.69) is 10.3 Å². The summed E-state index contributed by atoms with van der Waals surface area (Å²) in [6, 6.07) is 14.8. The van der Waals surface area contributed by atoms with Crippen molar-refractivity contribution < 1.29 is 22.4 Å². The van der Waals surface area contributed by atoms with Crippen LogP contribution < -0.4 is 5.32 Å². The average molecular weight is 454 g/mol. The maximum absolute atomic E-state index is 14.1. The molecule has 0 aliphatic carbocycles. The molecule has 4 aromatic rings. The molecule has 3 nitrogen and oxygen atoms in total. The van der Waals surface area contributed by atoms with Gasteiger partial charge < -0.3 is 10.3 Å². The van der Waals surface area contributed by atoms with Gasteiger partial charge in [-0.1, -0.05) is 30.3 Å². The maximum Gasteiger partial charge on any atom is 0.416 e. The molecule has 33 heavy (non-hydrogen) atoms. The summed E-state index contributed by atoms with van der Waals surface area (Å²) in [4.78, 5) is 15.6. The summed E-state index contributed by atoms with van der Waals surface area (Å²) in [6.07, 6.45) is -3.83. The minimum Gasteiger partial charge on any atom is -0.356 e. The smallest absolute Gasteiger partial charge is 0.356 e. The van der Waals surface area contributed by atoms with Crippen LogP contribution in [0.1, 0.15) is 32.7 Å². The molecule has 170 valence electrons. The highest BCUT2D eigenvalue weighted by Crippen LogP contribution is 2.31. The number of halogens is 4. The highest BCUT2D eigenvalue weighted by Gasteiger charge is 2.29. The number of amides is 1. The van der Waals surface area contributed by atoms with Crippen LogP contribution in [0.15, 0.2) is 60.7 Å². The van der Waals surface area contributed by atoms with E-state index in [0.29, 0.717) is 35.2 Å². The van der Waals surface area contributed by atoms with Crippen molar-refractivity contribution in [2.45, 2.75) is 26.4 Å². The fourth-order valence-corrected chi connectivity index (χ4v) is 4.02. The van der Waals surface area contributed by atoms with Crippen molar-refractivity contribution in [1.29, 1.82) is 0 Å². The second-order valence-electron chi connectivity index (χ2n) is 8.00. The van der Waals surface area contributed by atoms with Gasteiger partial charge in [0, 0.05) is 23.2 Å². The van der Waals surface area contributed by atoms with Gasteiger partial charge >= 0.3 is 6.18 Å². The Morgan fingerprint density at radius 2 is 1.52 bits per heavy atom. The molecule has 1 amide bonds. The van der Waals surface area contributed by atoms with Gasteiger partial charge in [0.15, 0.2) is 0 Å². The van der Waals surface area contributed by atoms with E-state index < -0.39 is 11.7 Å². The first-order chi connectivity index (χ1) is 15.6. The lowest BCUT2D eigenvalue weighted by atomic mass is 10.0. The van der Waals surface area contributed by atoms with Gasteiger partial charge in [-0.3, -0.25) is 4.79 Å². The molecule has 0 atom stereocenters. The van der Waals surface area contributed by atoms with Crippen LogP contribution in [0.4, 0.5) is 17.6 Å². The number of hydrogen-bond donors (Lipinski definition) is 2. The molecule has 0 saturated carbocycles. The van der Waals surface area contributed by atoms with E-state index in [9.17, 15) is 22.4 Å². The van der Waals surface area contributed by atoms with Gasteiger partial charge in [-0.2, -0.15) is 13.2 Å². The Balaban J connectivity index is 1.41. The Morgan fingerprint density at radius 1 is 0.909 bits per heavy atom. The van der Waals surface area contributed by atoms with Crippen molar-refractivity contribution in [3.8, 4) is 11.1 Å². The lowest BCUT2D eigenvalue weighted by molar-refractivity contribution is -0.137. The van der Waals surface area contributed by atoms with E-state index in [1.165, 1.54) is 18.2 Å². The van der Waals surface area contributed by atoms with Gasteiger partial charge in [0.1, 0.15) is 5.82 Å². The molecular formula is C26H22F4N2O. The molecule has 0 aliphatic heterocycles. The SMILES string of the molecule is Cc1[nH]c2c(F)ccc(C)c2c1CCNC(=O)c1ccc(-c2ccc(C(F)(F)F)cc2)cc1. The second kappa shape index (κ2) is 8.73. The van der Waals surface area contributed by atoms with Crippen molar-refractivity contribution in [3.63, 3.8) is 0 Å². The normalized spacial score (nSPS) is 11.7. The first kappa shape index (κ1) is 22.6. The molecule has 0 radical (unpaired) electrons. The third-order valence-corrected chi connectivity index (χ3v) is 5.78. The number of alkyl halides is 3. The number of fused-ring (bicyclic) bond motifs is 1. The molecule has 7 heteroatoms. The fourth-order valence-electron chi connectivity index (χ4n) is 4.02. The lowest BCUT2D eigenvalue weighted by Gasteiger charge is -2.09. The van der Waals surface area contributed by atoms with Crippen LogP contribution in [-0.4, -0.2) is 17.4 Å². The number of hydrogen-bond acceptors (Lipinski definition) is 1. The van der Waals surface area contributed by atoms with Crippen LogP contribution in [0.3, 0.4) is 0 Å². The summed E-state index contributed by atoms with van der Waals surface area (Å²) in [5.41, 5.74) is 4.38. The maximum atomic E-state index is 14.1. The minimum absolute atomic E-state index is 0.255. The van der Waals surface area contributed by atoms with Crippen molar-refractivity contribution in [2.75, 3.05) is 6.54 Å². The number of H-pyrrole nitrogens is 1. The summed E-state index contributed by atoms with van der Waals surface area (Å²) in [7, 11) is 0. The first-order valence-electron chi connectivity index (χ1n) is 10.5. The van der Waals surface area contributed by atoms with Gasteiger partial charge in [0.2, 0.25) is 0 Å². The van der Waals surface area contributed by atoms with Crippen molar-refractivity contribution in [2.24, 2.45) is 0 Å². The third kappa shape index (κ3) is 4.62. The molecule has 4 rings (SSSR count). The standard InChI is InChI=1S/C26H22F4N2O/c1-15-3-12-22(27)24-23(15)21(16(2)32-24)13-14-31-25(33)19-6-4-17(5-7-19)18-8-10-20(11-9-18)26(28,29)30/h3-12,32H,13-14H2,1-2H3,(H,31,33). The molecule has 1 aromatic heterocycles. The predicted octanol–water partition coefficient (Wildman–Crippen LogP) is 6.58. The molecule has 2 N–H and O–H groups in total. The van der Waals surface area contributed by atoms with E-state index in [1.54, 1.807) is 30.3 Å². The highest BCUT2D eigenvalue weighted by molar-refractivity contribution is 5.94. The minimum atomic E-state index is -4.38. The fraction of sp³-hybridized carbons (Fsp3) is 0.192. The van der Waals surface area contributed by atoms with E-state index in [0.717, 1.165) is 34.3 Å². The lowest BCUT2D eigenvalue weighted by Crippen LogP contribution is -2.25. The number of rotatable bonds is 5. The quantitative estimate of drug-likeness (QED) is 0.329. The highest BCUT2D eigenvalue weighted by atomic mass is 19.4. The van der Waals surface area contributed by atoms with Crippen LogP contribution in [-0.2, 0) is 12.6 Å². The third-order valence-electron chi connectivity index (χ3n) is 5.78. The number of carbonyl (C=O) groups excluding carboxylic acids is 1. The Labute approximate surface area is 188 Å². The van der Waals surface area contributed by atoms with Crippen molar-refractivity contribution in [3.05, 3.63) is 94.4 Å². The summed E-state index contributed by atoms with van der Waals surface area (Å²) in [6.45, 7) is 4.19. The van der Waals surface area contributed by atoms with Gasteiger partial charge in [0.25, 0.3) is 5.91 Å².